The summed E-state index contributed by atoms with van der Waals surface area (Å²) < 4.78 is 16.5. The molecule has 0 fully saturated rings. The summed E-state index contributed by atoms with van der Waals surface area (Å²) in [6.45, 7) is 4.70. The lowest BCUT2D eigenvalue weighted by molar-refractivity contribution is 0.340. The number of hydrogen-bond donors (Lipinski definition) is 0. The molecule has 0 atom stereocenters. The lowest BCUT2D eigenvalue weighted by atomic mass is 10.1. The average molecular weight is 408 g/mol. The fourth-order valence-electron chi connectivity index (χ4n) is 2.69. The minimum Gasteiger partial charge on any atom is -0.494 e. The van der Waals surface area contributed by atoms with Crippen LogP contribution in [0.3, 0.4) is 0 Å². The van der Waals surface area contributed by atoms with E-state index in [1.807, 2.05) is 43.3 Å². The summed E-state index contributed by atoms with van der Waals surface area (Å²) in [5, 5.41) is 12.7. The fraction of sp³-hybridized carbons (Fsp3) is 0.238. The molecule has 0 aliphatic heterocycles. The Bertz CT molecular complexity index is 1060. The first kappa shape index (κ1) is 19.2. The third kappa shape index (κ3) is 4.65. The zero-order valence-corrected chi connectivity index (χ0v) is 17.0. The highest BCUT2D eigenvalue weighted by Gasteiger charge is 2.13. The molecule has 2 aromatic heterocycles. The first-order valence-electron chi connectivity index (χ1n) is 9.36. The molecule has 29 heavy (non-hydrogen) atoms. The van der Waals surface area contributed by atoms with Gasteiger partial charge in [-0.25, -0.2) is 0 Å². The van der Waals surface area contributed by atoms with E-state index in [1.54, 1.807) is 0 Å². The summed E-state index contributed by atoms with van der Waals surface area (Å²) in [6, 6.07) is 15.7. The molecule has 148 valence electrons. The van der Waals surface area contributed by atoms with E-state index in [4.69, 9.17) is 13.7 Å². The SMILES string of the molecule is CCOc1ccc(-c2nnc(SCc3nc(-c4ccc(CC)cc4)no3)o2)cc1. The van der Waals surface area contributed by atoms with Gasteiger partial charge in [-0.05, 0) is 43.2 Å². The molecule has 2 heterocycles. The highest BCUT2D eigenvalue weighted by atomic mass is 32.2. The minimum atomic E-state index is 0.445. The van der Waals surface area contributed by atoms with Crippen molar-refractivity contribution in [1.29, 1.82) is 0 Å². The number of ether oxygens (including phenoxy) is 1. The Kier molecular flexibility index (Phi) is 5.90. The van der Waals surface area contributed by atoms with Crippen molar-refractivity contribution in [3.63, 3.8) is 0 Å². The van der Waals surface area contributed by atoms with Gasteiger partial charge in [0.2, 0.25) is 17.6 Å². The van der Waals surface area contributed by atoms with E-state index in [-0.39, 0.29) is 0 Å². The summed E-state index contributed by atoms with van der Waals surface area (Å²) in [5.74, 6) is 2.79. The average Bonchev–Trinajstić information content (AvgIpc) is 3.43. The van der Waals surface area contributed by atoms with Crippen LogP contribution in [0.4, 0.5) is 0 Å². The molecule has 4 rings (SSSR count). The van der Waals surface area contributed by atoms with Gasteiger partial charge >= 0.3 is 0 Å². The van der Waals surface area contributed by atoms with Gasteiger partial charge in [-0.15, -0.1) is 10.2 Å². The molecule has 0 radical (unpaired) electrons. The zero-order chi connectivity index (χ0) is 20.1. The van der Waals surface area contributed by atoms with Crippen molar-refractivity contribution in [3.8, 4) is 28.6 Å². The molecule has 0 bridgehead atoms. The standard InChI is InChI=1S/C21H20N4O3S/c1-3-14-5-7-15(8-6-14)19-22-18(28-25-19)13-29-21-24-23-20(27-21)16-9-11-17(12-10-16)26-4-2/h5-12H,3-4,13H2,1-2H3. The maximum absolute atomic E-state index is 5.72. The largest absolute Gasteiger partial charge is 0.494 e. The number of aryl methyl sites for hydroxylation is 1. The number of thioether (sulfide) groups is 1. The molecular weight excluding hydrogens is 388 g/mol. The molecule has 2 aromatic carbocycles. The summed E-state index contributed by atoms with van der Waals surface area (Å²) in [4.78, 5) is 4.44. The molecule has 0 saturated carbocycles. The molecule has 7 nitrogen and oxygen atoms in total. The topological polar surface area (TPSA) is 87.1 Å². The van der Waals surface area contributed by atoms with Crippen molar-refractivity contribution in [2.75, 3.05) is 6.61 Å². The van der Waals surface area contributed by atoms with Crippen LogP contribution in [0.25, 0.3) is 22.8 Å². The van der Waals surface area contributed by atoms with Crippen molar-refractivity contribution in [1.82, 2.24) is 20.3 Å². The molecular formula is C21H20N4O3S. The number of aromatic nitrogens is 4. The van der Waals surface area contributed by atoms with Crippen LogP contribution in [0.5, 0.6) is 5.75 Å². The van der Waals surface area contributed by atoms with E-state index >= 15 is 0 Å². The Hall–Kier alpha value is -3.13. The molecule has 4 aromatic rings. The number of hydrogen-bond acceptors (Lipinski definition) is 8. The summed E-state index contributed by atoms with van der Waals surface area (Å²) >= 11 is 1.35. The summed E-state index contributed by atoms with van der Waals surface area (Å²) in [7, 11) is 0. The van der Waals surface area contributed by atoms with Gasteiger partial charge in [0.05, 0.1) is 12.4 Å². The van der Waals surface area contributed by atoms with Gasteiger partial charge in [-0.1, -0.05) is 48.1 Å². The maximum atomic E-state index is 5.72. The fourth-order valence-corrected chi connectivity index (χ4v) is 3.29. The van der Waals surface area contributed by atoms with Gasteiger partial charge in [0.15, 0.2) is 0 Å². The van der Waals surface area contributed by atoms with Gasteiger partial charge in [0.25, 0.3) is 5.22 Å². The third-order valence-electron chi connectivity index (χ3n) is 4.23. The van der Waals surface area contributed by atoms with Crippen LogP contribution in [-0.4, -0.2) is 26.9 Å². The summed E-state index contributed by atoms with van der Waals surface area (Å²) in [6.07, 6.45) is 0.997. The quantitative estimate of drug-likeness (QED) is 0.375. The number of nitrogens with zero attached hydrogens (tertiary/aromatic N) is 4. The molecule has 0 aliphatic carbocycles. The molecule has 0 aliphatic rings. The van der Waals surface area contributed by atoms with Gasteiger partial charge in [-0.2, -0.15) is 4.98 Å². The predicted molar refractivity (Wildman–Crippen MR) is 110 cm³/mol. The van der Waals surface area contributed by atoms with Crippen LogP contribution in [0, 0.1) is 0 Å². The highest BCUT2D eigenvalue weighted by Crippen LogP contribution is 2.27. The van der Waals surface area contributed by atoms with E-state index in [0.29, 0.717) is 35.2 Å². The molecule has 0 spiro atoms. The Labute approximate surface area is 172 Å². The predicted octanol–water partition coefficient (Wildman–Crippen LogP) is 5.04. The smallest absolute Gasteiger partial charge is 0.277 e. The van der Waals surface area contributed by atoms with E-state index < -0.39 is 0 Å². The van der Waals surface area contributed by atoms with Crippen molar-refractivity contribution >= 4 is 11.8 Å². The van der Waals surface area contributed by atoms with Crippen LogP contribution in [0.15, 0.2) is 62.7 Å². The second kappa shape index (κ2) is 8.91. The lowest BCUT2D eigenvalue weighted by Crippen LogP contribution is -1.90. The number of rotatable bonds is 8. The van der Waals surface area contributed by atoms with Crippen molar-refractivity contribution < 1.29 is 13.7 Å². The Morgan fingerprint density at radius 3 is 2.41 bits per heavy atom. The van der Waals surface area contributed by atoms with Crippen molar-refractivity contribution in [2.24, 2.45) is 0 Å². The van der Waals surface area contributed by atoms with E-state index in [0.717, 1.165) is 23.3 Å². The summed E-state index contributed by atoms with van der Waals surface area (Å²) in [5.41, 5.74) is 3.04. The van der Waals surface area contributed by atoms with Crippen LogP contribution in [0.2, 0.25) is 0 Å². The maximum Gasteiger partial charge on any atom is 0.277 e. The van der Waals surface area contributed by atoms with Crippen molar-refractivity contribution in [2.45, 2.75) is 31.2 Å². The van der Waals surface area contributed by atoms with Crippen molar-refractivity contribution in [3.05, 3.63) is 60.0 Å². The van der Waals surface area contributed by atoms with E-state index in [1.165, 1.54) is 17.3 Å². The second-order valence-electron chi connectivity index (χ2n) is 6.18. The molecule has 0 amide bonds. The van der Waals surface area contributed by atoms with Crippen LogP contribution in [-0.2, 0) is 12.2 Å². The third-order valence-corrected chi connectivity index (χ3v) is 5.03. The Balaban J connectivity index is 1.38. The first-order valence-corrected chi connectivity index (χ1v) is 10.3. The normalized spacial score (nSPS) is 11.0. The second-order valence-corrected chi connectivity index (χ2v) is 7.11. The van der Waals surface area contributed by atoms with Crippen LogP contribution >= 0.6 is 11.8 Å². The molecule has 0 saturated heterocycles. The minimum absolute atomic E-state index is 0.445. The molecule has 0 N–H and O–H groups in total. The number of benzene rings is 2. The van der Waals surface area contributed by atoms with Crippen LogP contribution < -0.4 is 4.74 Å². The zero-order valence-electron chi connectivity index (χ0n) is 16.2. The molecule has 8 heteroatoms. The van der Waals surface area contributed by atoms with Gasteiger partial charge in [-0.3, -0.25) is 0 Å². The van der Waals surface area contributed by atoms with Gasteiger partial charge in [0, 0.05) is 11.1 Å². The van der Waals surface area contributed by atoms with Gasteiger partial charge in [0.1, 0.15) is 5.75 Å². The Morgan fingerprint density at radius 2 is 1.69 bits per heavy atom. The van der Waals surface area contributed by atoms with E-state index in [2.05, 4.69) is 39.4 Å². The van der Waals surface area contributed by atoms with E-state index in [9.17, 15) is 0 Å². The lowest BCUT2D eigenvalue weighted by Gasteiger charge is -2.02. The van der Waals surface area contributed by atoms with Crippen LogP contribution in [0.1, 0.15) is 25.3 Å². The highest BCUT2D eigenvalue weighted by molar-refractivity contribution is 7.98. The van der Waals surface area contributed by atoms with Gasteiger partial charge < -0.3 is 13.7 Å². The first-order chi connectivity index (χ1) is 14.2. The molecule has 0 unspecified atom stereocenters. The monoisotopic (exact) mass is 408 g/mol. The Morgan fingerprint density at radius 1 is 0.931 bits per heavy atom.